The maximum atomic E-state index is 11.8. The van der Waals surface area contributed by atoms with Crippen LogP contribution in [0.25, 0.3) is 0 Å². The lowest BCUT2D eigenvalue weighted by Gasteiger charge is -2.11. The number of amides is 1. The molecule has 2 aromatic rings. The van der Waals surface area contributed by atoms with Gasteiger partial charge in [-0.05, 0) is 24.3 Å². The molecule has 20 heavy (non-hydrogen) atoms. The number of anilines is 2. The smallest absolute Gasteiger partial charge is 0.243 e. The Hall–Kier alpha value is -1.42. The lowest BCUT2D eigenvalue weighted by atomic mass is 10.3. The lowest BCUT2D eigenvalue weighted by Crippen LogP contribution is -2.22. The van der Waals surface area contributed by atoms with Crippen molar-refractivity contribution in [1.29, 1.82) is 0 Å². The molecule has 1 amide bonds. The topological polar surface area (TPSA) is 41.1 Å². The van der Waals surface area contributed by atoms with Crippen LogP contribution in [0.1, 0.15) is 0 Å². The highest BCUT2D eigenvalue weighted by Crippen LogP contribution is 2.29. The Labute approximate surface area is 131 Å². The average molecular weight is 330 g/mol. The Balaban J connectivity index is 1.98. The Kier molecular flexibility index (Phi) is 5.12. The number of nitrogens with one attached hydrogen (secondary N) is 2. The predicted octanol–water partition coefficient (Wildman–Crippen LogP) is 4.70. The van der Waals surface area contributed by atoms with Crippen LogP contribution in [0, 0.1) is 0 Å². The zero-order chi connectivity index (χ0) is 14.5. The summed E-state index contributed by atoms with van der Waals surface area (Å²) in [6.45, 7) is 0.0364. The van der Waals surface area contributed by atoms with Gasteiger partial charge in [0.25, 0.3) is 0 Å². The number of halogens is 3. The van der Waals surface area contributed by atoms with E-state index in [-0.39, 0.29) is 12.5 Å². The third kappa shape index (κ3) is 3.79. The molecule has 2 aromatic carbocycles. The van der Waals surface area contributed by atoms with Crippen LogP contribution in [-0.4, -0.2) is 12.5 Å². The average Bonchev–Trinajstić information content (AvgIpc) is 2.41. The van der Waals surface area contributed by atoms with Crippen LogP contribution >= 0.6 is 34.8 Å². The third-order valence-electron chi connectivity index (χ3n) is 2.54. The van der Waals surface area contributed by atoms with E-state index in [1.54, 1.807) is 42.5 Å². The van der Waals surface area contributed by atoms with Gasteiger partial charge in [0.1, 0.15) is 0 Å². The maximum Gasteiger partial charge on any atom is 0.243 e. The molecule has 0 heterocycles. The first-order valence-electron chi connectivity index (χ1n) is 5.80. The number of benzene rings is 2. The highest BCUT2D eigenvalue weighted by atomic mass is 35.5. The molecular formula is C14H11Cl3N2O. The van der Waals surface area contributed by atoms with Crippen molar-refractivity contribution >= 4 is 52.1 Å². The monoisotopic (exact) mass is 328 g/mol. The standard InChI is InChI=1S/C14H11Cl3N2O/c15-9-4-1-2-7-12(9)19-13(20)8-18-14-10(16)5-3-6-11(14)17/h1-7,18H,8H2,(H,19,20). The van der Waals surface area contributed by atoms with E-state index in [0.717, 1.165) is 0 Å². The molecule has 0 bridgehead atoms. The van der Waals surface area contributed by atoms with Crippen molar-refractivity contribution in [2.24, 2.45) is 0 Å². The van der Waals surface area contributed by atoms with Crippen LogP contribution in [-0.2, 0) is 4.79 Å². The second kappa shape index (κ2) is 6.84. The highest BCUT2D eigenvalue weighted by Gasteiger charge is 2.08. The Morgan fingerprint density at radius 2 is 1.50 bits per heavy atom. The summed E-state index contributed by atoms with van der Waals surface area (Å²) in [5.41, 5.74) is 1.09. The van der Waals surface area contributed by atoms with Crippen molar-refractivity contribution < 1.29 is 4.79 Å². The summed E-state index contributed by atoms with van der Waals surface area (Å²) in [6, 6.07) is 12.1. The fourth-order valence-electron chi connectivity index (χ4n) is 1.59. The number of hydrogen-bond acceptors (Lipinski definition) is 2. The summed E-state index contributed by atoms with van der Waals surface area (Å²) in [4.78, 5) is 11.8. The normalized spacial score (nSPS) is 10.2. The molecule has 0 atom stereocenters. The van der Waals surface area contributed by atoms with Gasteiger partial charge in [-0.1, -0.05) is 53.0 Å². The zero-order valence-electron chi connectivity index (χ0n) is 10.3. The molecule has 6 heteroatoms. The lowest BCUT2D eigenvalue weighted by molar-refractivity contribution is -0.114. The number of carbonyl (C=O) groups is 1. The molecule has 0 aliphatic carbocycles. The highest BCUT2D eigenvalue weighted by molar-refractivity contribution is 6.39. The second-order valence-electron chi connectivity index (χ2n) is 3.98. The molecule has 0 aliphatic rings. The molecule has 0 spiro atoms. The number of para-hydroxylation sites is 2. The van der Waals surface area contributed by atoms with E-state index in [2.05, 4.69) is 10.6 Å². The molecule has 0 fully saturated rings. The maximum absolute atomic E-state index is 11.8. The van der Waals surface area contributed by atoms with E-state index in [9.17, 15) is 4.79 Å². The first kappa shape index (κ1) is 15.0. The number of rotatable bonds is 4. The summed E-state index contributed by atoms with van der Waals surface area (Å²) in [6.07, 6.45) is 0. The molecule has 104 valence electrons. The van der Waals surface area contributed by atoms with Crippen LogP contribution in [0.5, 0.6) is 0 Å². The van der Waals surface area contributed by atoms with Gasteiger partial charge < -0.3 is 10.6 Å². The largest absolute Gasteiger partial charge is 0.374 e. The molecule has 3 nitrogen and oxygen atoms in total. The predicted molar refractivity (Wildman–Crippen MR) is 85.0 cm³/mol. The van der Waals surface area contributed by atoms with Gasteiger partial charge in [-0.25, -0.2) is 0 Å². The van der Waals surface area contributed by atoms with Crippen molar-refractivity contribution in [3.8, 4) is 0 Å². The van der Waals surface area contributed by atoms with Gasteiger partial charge in [-0.15, -0.1) is 0 Å². The molecule has 0 aromatic heterocycles. The summed E-state index contributed by atoms with van der Waals surface area (Å²) in [5, 5.41) is 7.01. The molecule has 0 unspecified atom stereocenters. The SMILES string of the molecule is O=C(CNc1c(Cl)cccc1Cl)Nc1ccccc1Cl. The van der Waals surface area contributed by atoms with Gasteiger partial charge in [0.15, 0.2) is 0 Å². The molecule has 2 N–H and O–H groups in total. The van der Waals surface area contributed by atoms with Crippen molar-refractivity contribution in [2.75, 3.05) is 17.2 Å². The van der Waals surface area contributed by atoms with Gasteiger partial charge in [0.05, 0.1) is 33.0 Å². The van der Waals surface area contributed by atoms with Crippen molar-refractivity contribution in [2.45, 2.75) is 0 Å². The Morgan fingerprint density at radius 1 is 0.900 bits per heavy atom. The van der Waals surface area contributed by atoms with E-state index in [1.807, 2.05) is 0 Å². The van der Waals surface area contributed by atoms with Gasteiger partial charge >= 0.3 is 0 Å². The Bertz CT molecular complexity index is 611. The number of hydrogen-bond donors (Lipinski definition) is 2. The van der Waals surface area contributed by atoms with Crippen LogP contribution in [0.4, 0.5) is 11.4 Å². The van der Waals surface area contributed by atoms with E-state index in [0.29, 0.717) is 26.4 Å². The fourth-order valence-corrected chi connectivity index (χ4v) is 2.31. The van der Waals surface area contributed by atoms with Crippen LogP contribution in [0.2, 0.25) is 15.1 Å². The minimum absolute atomic E-state index is 0.0364. The molecule has 0 saturated heterocycles. The number of carbonyl (C=O) groups excluding carboxylic acids is 1. The molecule has 0 radical (unpaired) electrons. The first-order valence-corrected chi connectivity index (χ1v) is 6.93. The van der Waals surface area contributed by atoms with Gasteiger partial charge in [0.2, 0.25) is 5.91 Å². The summed E-state index contributed by atoms with van der Waals surface area (Å²) in [7, 11) is 0. The summed E-state index contributed by atoms with van der Waals surface area (Å²) >= 11 is 18.0. The van der Waals surface area contributed by atoms with Crippen LogP contribution < -0.4 is 10.6 Å². The third-order valence-corrected chi connectivity index (χ3v) is 3.50. The van der Waals surface area contributed by atoms with Gasteiger partial charge in [-0.3, -0.25) is 4.79 Å². The van der Waals surface area contributed by atoms with E-state index >= 15 is 0 Å². The van der Waals surface area contributed by atoms with E-state index in [4.69, 9.17) is 34.8 Å². The van der Waals surface area contributed by atoms with Crippen molar-refractivity contribution in [1.82, 2.24) is 0 Å². The van der Waals surface area contributed by atoms with Crippen molar-refractivity contribution in [3.05, 3.63) is 57.5 Å². The van der Waals surface area contributed by atoms with E-state index in [1.165, 1.54) is 0 Å². The van der Waals surface area contributed by atoms with Crippen LogP contribution in [0.3, 0.4) is 0 Å². The zero-order valence-corrected chi connectivity index (χ0v) is 12.6. The molecule has 0 aliphatic heterocycles. The van der Waals surface area contributed by atoms with Crippen molar-refractivity contribution in [3.63, 3.8) is 0 Å². The van der Waals surface area contributed by atoms with Gasteiger partial charge in [-0.2, -0.15) is 0 Å². The van der Waals surface area contributed by atoms with Gasteiger partial charge in [0, 0.05) is 0 Å². The molecule has 0 saturated carbocycles. The summed E-state index contributed by atoms with van der Waals surface area (Å²) in [5.74, 6) is -0.242. The minimum Gasteiger partial charge on any atom is -0.374 e. The first-order chi connectivity index (χ1) is 9.58. The quantitative estimate of drug-likeness (QED) is 0.854. The molecule has 2 rings (SSSR count). The summed E-state index contributed by atoms with van der Waals surface area (Å²) < 4.78 is 0. The second-order valence-corrected chi connectivity index (χ2v) is 5.20. The van der Waals surface area contributed by atoms with E-state index < -0.39 is 0 Å². The fraction of sp³-hybridized carbons (Fsp3) is 0.0714. The Morgan fingerprint density at radius 3 is 2.15 bits per heavy atom. The molecular weight excluding hydrogens is 319 g/mol. The minimum atomic E-state index is -0.242. The van der Waals surface area contributed by atoms with Crippen LogP contribution in [0.15, 0.2) is 42.5 Å².